The highest BCUT2D eigenvalue weighted by atomic mass is 16.6. The van der Waals surface area contributed by atoms with Crippen LogP contribution in [0.15, 0.2) is 43.0 Å². The van der Waals surface area contributed by atoms with Crippen LogP contribution in [-0.2, 0) is 16.6 Å². The molecule has 6 rings (SSSR count). The van der Waals surface area contributed by atoms with Gasteiger partial charge in [-0.25, -0.2) is 9.78 Å². The number of hydrogen-bond acceptors (Lipinski definition) is 5. The summed E-state index contributed by atoms with van der Waals surface area (Å²) in [6.07, 6.45) is 11.4. The number of aromatic amines is 1. The number of ether oxygens (including phenoxy) is 1. The number of piperazine rings is 1. The lowest BCUT2D eigenvalue weighted by molar-refractivity contribution is -0.138. The molecule has 4 heterocycles. The lowest BCUT2D eigenvalue weighted by atomic mass is 9.78. The van der Waals surface area contributed by atoms with Crippen molar-refractivity contribution in [3.05, 3.63) is 48.5 Å². The fourth-order valence-corrected chi connectivity index (χ4v) is 6.25. The van der Waals surface area contributed by atoms with Crippen LogP contribution in [0.2, 0.25) is 0 Å². The molecule has 0 spiro atoms. The predicted octanol–water partition coefficient (Wildman–Crippen LogP) is 5.47. The lowest BCUT2D eigenvalue weighted by Gasteiger charge is -2.38. The summed E-state index contributed by atoms with van der Waals surface area (Å²) in [5.74, 6) is 0.660. The Morgan fingerprint density at radius 2 is 1.70 bits per heavy atom. The summed E-state index contributed by atoms with van der Waals surface area (Å²) in [5, 5.41) is 7.85. The van der Waals surface area contributed by atoms with Gasteiger partial charge in [0.2, 0.25) is 5.91 Å². The van der Waals surface area contributed by atoms with Crippen molar-refractivity contribution in [3.8, 4) is 11.1 Å². The van der Waals surface area contributed by atoms with E-state index in [1.54, 1.807) is 4.90 Å². The number of aryl methyl sites for hydroxylation is 1. The third kappa shape index (κ3) is 5.17. The number of carbonyl (C=O) groups excluding carboxylic acids is 2. The molecule has 4 aromatic rings. The number of amides is 2. The summed E-state index contributed by atoms with van der Waals surface area (Å²) in [6, 6.07) is 6.52. The predicted molar refractivity (Wildman–Crippen MR) is 155 cm³/mol. The van der Waals surface area contributed by atoms with E-state index in [1.165, 1.54) is 16.3 Å². The Morgan fingerprint density at radius 3 is 2.38 bits per heavy atom. The standard InChI is InChI=1S/C31H38N6O3/c1-31(2,3)40-30(39)37-13-11-36(12-14-37)29(38)21-7-5-20(6-8-21)26-18-33-28-27(26)25-15-22(9-10-23(25)16-32-28)24-17-34-35(4)19-24/h9-10,15-21H,5-8,11-14H2,1-4H3,(H,32,33). The SMILES string of the molecule is Cn1cc(-c2ccc3cnc4[nH]cc(C5CCC(C(=O)N6CCN(C(=O)OC(C)(C)C)CC6)CC5)c4c3c2)cn1. The second-order valence-electron chi connectivity index (χ2n) is 12.3. The van der Waals surface area contributed by atoms with E-state index >= 15 is 0 Å². The summed E-state index contributed by atoms with van der Waals surface area (Å²) < 4.78 is 7.32. The maximum absolute atomic E-state index is 13.4. The first kappa shape index (κ1) is 26.3. The first-order valence-electron chi connectivity index (χ1n) is 14.3. The van der Waals surface area contributed by atoms with Gasteiger partial charge in [-0.2, -0.15) is 5.10 Å². The van der Waals surface area contributed by atoms with Gasteiger partial charge in [-0.15, -0.1) is 0 Å². The maximum atomic E-state index is 13.4. The Hall–Kier alpha value is -3.88. The van der Waals surface area contributed by atoms with E-state index < -0.39 is 5.60 Å². The molecule has 1 saturated heterocycles. The maximum Gasteiger partial charge on any atom is 0.410 e. The Kier molecular flexibility index (Phi) is 6.76. The average molecular weight is 543 g/mol. The third-order valence-electron chi connectivity index (χ3n) is 8.34. The highest BCUT2D eigenvalue weighted by Crippen LogP contribution is 2.41. The minimum atomic E-state index is -0.516. The molecule has 0 unspecified atom stereocenters. The van der Waals surface area contributed by atoms with Crippen molar-refractivity contribution in [1.29, 1.82) is 0 Å². The zero-order valence-corrected chi connectivity index (χ0v) is 23.8. The van der Waals surface area contributed by atoms with Gasteiger partial charge >= 0.3 is 6.09 Å². The zero-order chi connectivity index (χ0) is 28.0. The Balaban J connectivity index is 1.13. The first-order valence-corrected chi connectivity index (χ1v) is 14.3. The second-order valence-corrected chi connectivity index (χ2v) is 12.3. The van der Waals surface area contributed by atoms with Crippen LogP contribution in [0.4, 0.5) is 4.79 Å². The lowest BCUT2D eigenvalue weighted by Crippen LogP contribution is -2.53. The van der Waals surface area contributed by atoms with E-state index in [4.69, 9.17) is 9.72 Å². The quantitative estimate of drug-likeness (QED) is 0.370. The molecular weight excluding hydrogens is 504 g/mol. The molecule has 2 aliphatic rings. The molecule has 210 valence electrons. The molecule has 1 aromatic carbocycles. The van der Waals surface area contributed by atoms with Crippen LogP contribution in [0.5, 0.6) is 0 Å². The van der Waals surface area contributed by atoms with Crippen LogP contribution < -0.4 is 0 Å². The number of nitrogens with zero attached hydrogens (tertiary/aromatic N) is 5. The minimum Gasteiger partial charge on any atom is -0.444 e. The van der Waals surface area contributed by atoms with Crippen LogP contribution in [0, 0.1) is 5.92 Å². The van der Waals surface area contributed by atoms with Crippen molar-refractivity contribution < 1.29 is 14.3 Å². The van der Waals surface area contributed by atoms with Gasteiger partial charge in [-0.3, -0.25) is 9.48 Å². The highest BCUT2D eigenvalue weighted by Gasteiger charge is 2.34. The van der Waals surface area contributed by atoms with Gasteiger partial charge in [0, 0.05) is 74.1 Å². The Morgan fingerprint density at radius 1 is 0.975 bits per heavy atom. The first-order chi connectivity index (χ1) is 19.2. The molecule has 9 nitrogen and oxygen atoms in total. The normalized spacial score (nSPS) is 20.3. The van der Waals surface area contributed by atoms with Gasteiger partial charge in [0.05, 0.1) is 6.20 Å². The van der Waals surface area contributed by atoms with Gasteiger partial charge in [-0.05, 0) is 75.0 Å². The average Bonchev–Trinajstić information content (AvgIpc) is 3.58. The minimum absolute atomic E-state index is 0.0431. The van der Waals surface area contributed by atoms with Crippen LogP contribution >= 0.6 is 0 Å². The number of benzene rings is 1. The monoisotopic (exact) mass is 542 g/mol. The summed E-state index contributed by atoms with van der Waals surface area (Å²) in [7, 11) is 1.93. The number of fused-ring (bicyclic) bond motifs is 3. The molecule has 9 heteroatoms. The Bertz CT molecular complexity index is 1550. The largest absolute Gasteiger partial charge is 0.444 e. The molecule has 0 bridgehead atoms. The molecular formula is C31H38N6O3. The molecule has 1 N–H and O–H groups in total. The topological polar surface area (TPSA) is 96.4 Å². The highest BCUT2D eigenvalue weighted by molar-refractivity contribution is 6.08. The number of hydrogen-bond donors (Lipinski definition) is 1. The van der Waals surface area contributed by atoms with Gasteiger partial charge < -0.3 is 19.5 Å². The molecule has 3 aromatic heterocycles. The van der Waals surface area contributed by atoms with Gasteiger partial charge in [0.15, 0.2) is 0 Å². The molecule has 2 fully saturated rings. The summed E-state index contributed by atoms with van der Waals surface area (Å²) in [5.41, 5.74) is 3.93. The molecule has 0 radical (unpaired) electrons. The van der Waals surface area contributed by atoms with Crippen LogP contribution in [0.1, 0.15) is 57.9 Å². The second kappa shape index (κ2) is 10.3. The van der Waals surface area contributed by atoms with Crippen molar-refractivity contribution in [1.82, 2.24) is 29.5 Å². The van der Waals surface area contributed by atoms with Crippen molar-refractivity contribution in [2.75, 3.05) is 26.2 Å². The van der Waals surface area contributed by atoms with Gasteiger partial charge in [0.1, 0.15) is 11.2 Å². The van der Waals surface area contributed by atoms with Gasteiger partial charge in [-0.1, -0.05) is 12.1 Å². The number of nitrogens with one attached hydrogen (secondary N) is 1. The van der Waals surface area contributed by atoms with Crippen LogP contribution in [0.25, 0.3) is 32.9 Å². The summed E-state index contributed by atoms with van der Waals surface area (Å²) in [6.45, 7) is 7.79. The van der Waals surface area contributed by atoms with Crippen molar-refractivity contribution in [2.24, 2.45) is 13.0 Å². The summed E-state index contributed by atoms with van der Waals surface area (Å²) in [4.78, 5) is 37.5. The molecule has 1 aliphatic carbocycles. The molecule has 0 atom stereocenters. The fourth-order valence-electron chi connectivity index (χ4n) is 6.25. The van der Waals surface area contributed by atoms with E-state index in [0.717, 1.165) is 47.8 Å². The van der Waals surface area contributed by atoms with E-state index in [1.807, 2.05) is 56.0 Å². The van der Waals surface area contributed by atoms with Crippen molar-refractivity contribution in [2.45, 2.75) is 58.0 Å². The number of H-pyrrole nitrogens is 1. The van der Waals surface area contributed by atoms with E-state index in [2.05, 4.69) is 34.5 Å². The molecule has 1 aliphatic heterocycles. The zero-order valence-electron chi connectivity index (χ0n) is 23.8. The van der Waals surface area contributed by atoms with E-state index in [9.17, 15) is 9.59 Å². The van der Waals surface area contributed by atoms with Crippen LogP contribution in [0.3, 0.4) is 0 Å². The van der Waals surface area contributed by atoms with E-state index in [-0.39, 0.29) is 17.9 Å². The smallest absolute Gasteiger partial charge is 0.410 e. The number of carbonyl (C=O) groups is 2. The van der Waals surface area contributed by atoms with Crippen molar-refractivity contribution >= 4 is 33.8 Å². The van der Waals surface area contributed by atoms with E-state index in [0.29, 0.717) is 32.1 Å². The fraction of sp³-hybridized carbons (Fsp3) is 0.484. The molecule has 2 amide bonds. The number of pyridine rings is 1. The molecule has 1 saturated carbocycles. The number of aromatic nitrogens is 4. The number of rotatable bonds is 3. The third-order valence-corrected chi connectivity index (χ3v) is 8.34. The summed E-state index contributed by atoms with van der Waals surface area (Å²) >= 11 is 0. The van der Waals surface area contributed by atoms with Crippen molar-refractivity contribution in [3.63, 3.8) is 0 Å². The van der Waals surface area contributed by atoms with Gasteiger partial charge in [0.25, 0.3) is 0 Å². The Labute approximate surface area is 234 Å². The molecule has 40 heavy (non-hydrogen) atoms. The van der Waals surface area contributed by atoms with Crippen LogP contribution in [-0.4, -0.2) is 73.3 Å².